The van der Waals surface area contributed by atoms with E-state index in [2.05, 4.69) is 10.2 Å². The van der Waals surface area contributed by atoms with E-state index in [1.54, 1.807) is 0 Å². The predicted molar refractivity (Wildman–Crippen MR) is 59.9 cm³/mol. The molecule has 16 heavy (non-hydrogen) atoms. The number of piperidine rings is 1. The summed E-state index contributed by atoms with van der Waals surface area (Å²) < 4.78 is 0. The second-order valence-electron chi connectivity index (χ2n) is 5.40. The van der Waals surface area contributed by atoms with Gasteiger partial charge >= 0.3 is 0 Å². The first-order valence-corrected chi connectivity index (χ1v) is 6.49. The van der Waals surface area contributed by atoms with Crippen LogP contribution in [-0.2, 0) is 4.79 Å². The monoisotopic (exact) mass is 224 g/mol. The number of hydrogen-bond acceptors (Lipinski definition) is 3. The number of rotatable bonds is 1. The van der Waals surface area contributed by atoms with Crippen molar-refractivity contribution in [3.05, 3.63) is 0 Å². The molecule has 0 aromatic heterocycles. The number of hydrogen-bond donors (Lipinski definition) is 2. The number of nitrogens with one attached hydrogen (secondary N) is 1. The van der Waals surface area contributed by atoms with E-state index in [0.29, 0.717) is 12.1 Å². The van der Waals surface area contributed by atoms with Gasteiger partial charge in [0.25, 0.3) is 0 Å². The van der Waals surface area contributed by atoms with Gasteiger partial charge in [0, 0.05) is 12.1 Å². The molecule has 4 heteroatoms. The summed E-state index contributed by atoms with van der Waals surface area (Å²) in [4.78, 5) is 14.4. The van der Waals surface area contributed by atoms with Crippen LogP contribution in [0, 0.1) is 0 Å². The summed E-state index contributed by atoms with van der Waals surface area (Å²) in [6.45, 7) is 0.974. The number of nitrogens with zero attached hydrogens (tertiary/aromatic N) is 1. The molecule has 0 spiro atoms. The Morgan fingerprint density at radius 3 is 2.44 bits per heavy atom. The molecule has 3 aliphatic heterocycles. The minimum absolute atomic E-state index is 0.0540. The predicted octanol–water partition coefficient (Wildman–Crippen LogP) is 0.253. The van der Waals surface area contributed by atoms with Gasteiger partial charge in [-0.3, -0.25) is 4.79 Å². The van der Waals surface area contributed by atoms with Crippen LogP contribution in [0.4, 0.5) is 0 Å². The SMILES string of the molecule is O=C([C@H]1CCCN1)N1C2CCC1CC(O)C2. The smallest absolute Gasteiger partial charge is 0.240 e. The van der Waals surface area contributed by atoms with E-state index < -0.39 is 0 Å². The summed E-state index contributed by atoms with van der Waals surface area (Å²) in [5.41, 5.74) is 0. The Hall–Kier alpha value is -0.610. The van der Waals surface area contributed by atoms with Gasteiger partial charge in [0.2, 0.25) is 5.91 Å². The zero-order valence-corrected chi connectivity index (χ0v) is 9.56. The number of amides is 1. The third-order valence-corrected chi connectivity index (χ3v) is 4.32. The first kappa shape index (κ1) is 10.5. The molecule has 0 aromatic rings. The van der Waals surface area contributed by atoms with Crippen molar-refractivity contribution >= 4 is 5.91 Å². The molecule has 0 aliphatic carbocycles. The summed E-state index contributed by atoms with van der Waals surface area (Å²) in [7, 11) is 0. The molecule has 3 aliphatic rings. The Kier molecular flexibility index (Phi) is 2.64. The van der Waals surface area contributed by atoms with Gasteiger partial charge in [-0.1, -0.05) is 0 Å². The summed E-state index contributed by atoms with van der Waals surface area (Å²) in [6.07, 6.45) is 5.65. The molecule has 0 saturated carbocycles. The topological polar surface area (TPSA) is 52.6 Å². The Balaban J connectivity index is 1.72. The molecule has 3 heterocycles. The van der Waals surface area contributed by atoms with Gasteiger partial charge in [-0.25, -0.2) is 0 Å². The van der Waals surface area contributed by atoms with E-state index >= 15 is 0 Å². The molecular formula is C12H20N2O2. The standard InChI is InChI=1S/C12H20N2O2/c15-10-6-8-3-4-9(7-10)14(8)12(16)11-2-1-5-13-11/h8-11,13,15H,1-7H2/t8?,9?,10?,11-/m1/s1. The van der Waals surface area contributed by atoms with Crippen LogP contribution in [0.5, 0.6) is 0 Å². The lowest BCUT2D eigenvalue weighted by molar-refractivity contribution is -0.139. The zero-order chi connectivity index (χ0) is 11.1. The second-order valence-corrected chi connectivity index (χ2v) is 5.40. The third-order valence-electron chi connectivity index (χ3n) is 4.32. The molecule has 2 N–H and O–H groups in total. The van der Waals surface area contributed by atoms with Crippen LogP contribution < -0.4 is 5.32 Å². The lowest BCUT2D eigenvalue weighted by atomic mass is 9.98. The summed E-state index contributed by atoms with van der Waals surface area (Å²) >= 11 is 0. The maximum absolute atomic E-state index is 12.3. The van der Waals surface area contributed by atoms with Crippen LogP contribution in [-0.4, -0.2) is 46.7 Å². The van der Waals surface area contributed by atoms with Crippen LogP contribution in [0.2, 0.25) is 0 Å². The van der Waals surface area contributed by atoms with Crippen molar-refractivity contribution in [2.75, 3.05) is 6.54 Å². The fourth-order valence-corrected chi connectivity index (χ4v) is 3.58. The van der Waals surface area contributed by atoms with Crippen LogP contribution in [0.3, 0.4) is 0 Å². The van der Waals surface area contributed by atoms with Crippen LogP contribution in [0.25, 0.3) is 0 Å². The maximum atomic E-state index is 12.3. The lowest BCUT2D eigenvalue weighted by Gasteiger charge is -2.38. The van der Waals surface area contributed by atoms with E-state index in [9.17, 15) is 9.90 Å². The number of aliphatic hydroxyl groups is 1. The average molecular weight is 224 g/mol. The maximum Gasteiger partial charge on any atom is 0.240 e. The van der Waals surface area contributed by atoms with Gasteiger partial charge in [-0.2, -0.15) is 0 Å². The van der Waals surface area contributed by atoms with Crippen LogP contribution in [0.15, 0.2) is 0 Å². The summed E-state index contributed by atoms with van der Waals surface area (Å²) in [5, 5.41) is 13.0. The Labute approximate surface area is 96.0 Å². The Morgan fingerprint density at radius 2 is 1.88 bits per heavy atom. The van der Waals surface area contributed by atoms with E-state index in [4.69, 9.17) is 0 Å². The van der Waals surface area contributed by atoms with Crippen molar-refractivity contribution < 1.29 is 9.90 Å². The molecule has 4 nitrogen and oxygen atoms in total. The molecule has 0 radical (unpaired) electrons. The first-order valence-electron chi connectivity index (χ1n) is 6.49. The molecular weight excluding hydrogens is 204 g/mol. The highest BCUT2D eigenvalue weighted by Crippen LogP contribution is 2.36. The van der Waals surface area contributed by atoms with E-state index in [0.717, 1.165) is 45.1 Å². The van der Waals surface area contributed by atoms with Gasteiger partial charge in [0.1, 0.15) is 0 Å². The largest absolute Gasteiger partial charge is 0.393 e. The summed E-state index contributed by atoms with van der Waals surface area (Å²) in [6, 6.07) is 0.672. The molecule has 90 valence electrons. The highest BCUT2D eigenvalue weighted by molar-refractivity contribution is 5.83. The number of carbonyl (C=O) groups excluding carboxylic acids is 1. The molecule has 3 fully saturated rings. The normalized spacial score (nSPS) is 42.7. The molecule has 0 aromatic carbocycles. The van der Waals surface area contributed by atoms with E-state index in [1.807, 2.05) is 0 Å². The van der Waals surface area contributed by atoms with Crippen molar-refractivity contribution in [2.24, 2.45) is 0 Å². The van der Waals surface area contributed by atoms with Crippen molar-refractivity contribution in [3.63, 3.8) is 0 Å². The van der Waals surface area contributed by atoms with Crippen molar-refractivity contribution in [3.8, 4) is 0 Å². The third kappa shape index (κ3) is 1.64. The molecule has 1 amide bonds. The minimum Gasteiger partial charge on any atom is -0.393 e. The molecule has 3 atom stereocenters. The lowest BCUT2D eigenvalue weighted by Crippen LogP contribution is -2.53. The average Bonchev–Trinajstić information content (AvgIpc) is 2.85. The molecule has 3 saturated heterocycles. The number of carbonyl (C=O) groups is 1. The second kappa shape index (κ2) is 4.00. The Morgan fingerprint density at radius 1 is 1.19 bits per heavy atom. The quantitative estimate of drug-likeness (QED) is 0.671. The van der Waals surface area contributed by atoms with Crippen molar-refractivity contribution in [2.45, 2.75) is 62.8 Å². The number of fused-ring (bicyclic) bond motifs is 2. The van der Waals surface area contributed by atoms with Crippen LogP contribution >= 0.6 is 0 Å². The van der Waals surface area contributed by atoms with E-state index in [-0.39, 0.29) is 18.1 Å². The molecule has 2 unspecified atom stereocenters. The van der Waals surface area contributed by atoms with Crippen molar-refractivity contribution in [1.82, 2.24) is 10.2 Å². The zero-order valence-electron chi connectivity index (χ0n) is 9.56. The molecule has 3 rings (SSSR count). The minimum atomic E-state index is -0.182. The summed E-state index contributed by atoms with van der Waals surface area (Å²) in [5.74, 6) is 0.289. The fourth-order valence-electron chi connectivity index (χ4n) is 3.58. The molecule has 2 bridgehead atoms. The number of aliphatic hydroxyl groups excluding tert-OH is 1. The highest BCUT2D eigenvalue weighted by atomic mass is 16.3. The van der Waals surface area contributed by atoms with Gasteiger partial charge in [-0.05, 0) is 45.1 Å². The fraction of sp³-hybridized carbons (Fsp3) is 0.917. The van der Waals surface area contributed by atoms with Crippen LogP contribution in [0.1, 0.15) is 38.5 Å². The van der Waals surface area contributed by atoms with E-state index in [1.165, 1.54) is 0 Å². The van der Waals surface area contributed by atoms with Crippen molar-refractivity contribution in [1.29, 1.82) is 0 Å². The van der Waals surface area contributed by atoms with Gasteiger partial charge in [0.05, 0.1) is 12.1 Å². The van der Waals surface area contributed by atoms with Gasteiger partial charge < -0.3 is 15.3 Å². The van der Waals surface area contributed by atoms with Gasteiger partial charge in [-0.15, -0.1) is 0 Å². The Bertz CT molecular complexity index is 275. The first-order chi connectivity index (χ1) is 7.75. The van der Waals surface area contributed by atoms with Gasteiger partial charge in [0.15, 0.2) is 0 Å². The highest BCUT2D eigenvalue weighted by Gasteiger charge is 2.44.